The van der Waals surface area contributed by atoms with Crippen LogP contribution in [0.15, 0.2) is 42.6 Å². The Hall–Kier alpha value is -2.16. The van der Waals surface area contributed by atoms with Gasteiger partial charge in [-0.05, 0) is 48.4 Å². The third-order valence-electron chi connectivity index (χ3n) is 4.73. The Kier molecular flexibility index (Phi) is 8.33. The summed E-state index contributed by atoms with van der Waals surface area (Å²) in [6, 6.07) is 12.1. The van der Waals surface area contributed by atoms with E-state index in [0.717, 1.165) is 24.8 Å². The molecule has 0 amide bonds. The Morgan fingerprint density at radius 1 is 0.962 bits per heavy atom. The molecule has 0 aliphatic rings. The van der Waals surface area contributed by atoms with Gasteiger partial charge in [0.25, 0.3) is 0 Å². The number of esters is 1. The quantitative estimate of drug-likeness (QED) is 0.384. The summed E-state index contributed by atoms with van der Waals surface area (Å²) in [5, 5.41) is 0. The number of hydrogen-bond acceptors (Lipinski definition) is 3. The van der Waals surface area contributed by atoms with Crippen molar-refractivity contribution in [2.45, 2.75) is 71.8 Å². The molecule has 0 N–H and O–H groups in total. The average Bonchev–Trinajstić information content (AvgIpc) is 2.70. The number of benzene rings is 1. The molecule has 1 unspecified atom stereocenters. The van der Waals surface area contributed by atoms with Gasteiger partial charge in [0.05, 0.1) is 0 Å². The molecule has 3 heteroatoms. The zero-order valence-electron chi connectivity index (χ0n) is 16.3. The summed E-state index contributed by atoms with van der Waals surface area (Å²) in [6.07, 6.45) is 9.27. The zero-order chi connectivity index (χ0) is 18.8. The molecule has 1 heterocycles. The van der Waals surface area contributed by atoms with E-state index < -0.39 is 0 Å². The number of carbonyl (C=O) groups excluding carboxylic acids is 1. The van der Waals surface area contributed by atoms with E-state index in [1.165, 1.54) is 36.8 Å². The van der Waals surface area contributed by atoms with Crippen molar-refractivity contribution in [2.24, 2.45) is 0 Å². The van der Waals surface area contributed by atoms with Crippen LogP contribution < -0.4 is 0 Å². The normalized spacial score (nSPS) is 12.0. The van der Waals surface area contributed by atoms with E-state index in [2.05, 4.69) is 31.0 Å². The van der Waals surface area contributed by atoms with Crippen molar-refractivity contribution in [3.05, 3.63) is 65.0 Å². The molecular formula is C23H31NO2. The molecule has 0 bridgehead atoms. The third-order valence-corrected chi connectivity index (χ3v) is 4.73. The molecule has 0 spiro atoms. The van der Waals surface area contributed by atoms with Crippen LogP contribution in [0.25, 0.3) is 0 Å². The highest BCUT2D eigenvalue weighted by molar-refractivity contribution is 5.87. The monoisotopic (exact) mass is 353 g/mol. The van der Waals surface area contributed by atoms with Crippen molar-refractivity contribution in [1.29, 1.82) is 0 Å². The number of hydrogen-bond donors (Lipinski definition) is 0. The smallest absolute Gasteiger partial charge is 0.357 e. The predicted octanol–water partition coefficient (Wildman–Crippen LogP) is 6.07. The van der Waals surface area contributed by atoms with Gasteiger partial charge in [0.15, 0.2) is 0 Å². The van der Waals surface area contributed by atoms with Crippen LogP contribution in [0, 0.1) is 0 Å². The van der Waals surface area contributed by atoms with E-state index in [1.54, 1.807) is 12.3 Å². The Labute approximate surface area is 157 Å². The summed E-state index contributed by atoms with van der Waals surface area (Å²) in [6.45, 7) is 6.37. The van der Waals surface area contributed by atoms with Crippen molar-refractivity contribution >= 4 is 5.97 Å². The Bertz CT molecular complexity index is 662. The number of unbranched alkanes of at least 4 members (excludes halogenated alkanes) is 3. The molecule has 0 aliphatic carbocycles. The second kappa shape index (κ2) is 10.7. The fourth-order valence-electron chi connectivity index (χ4n) is 2.99. The molecule has 3 nitrogen and oxygen atoms in total. The van der Waals surface area contributed by atoms with Crippen LogP contribution >= 0.6 is 0 Å². The van der Waals surface area contributed by atoms with E-state index in [1.807, 2.05) is 25.1 Å². The van der Waals surface area contributed by atoms with Gasteiger partial charge in [-0.25, -0.2) is 9.78 Å². The van der Waals surface area contributed by atoms with Crippen LogP contribution in [0.3, 0.4) is 0 Å². The number of aryl methyl sites for hydroxylation is 2. The maximum Gasteiger partial charge on any atom is 0.357 e. The highest BCUT2D eigenvalue weighted by Gasteiger charge is 2.17. The summed E-state index contributed by atoms with van der Waals surface area (Å²) in [4.78, 5) is 16.7. The first-order chi connectivity index (χ1) is 12.7. The van der Waals surface area contributed by atoms with E-state index >= 15 is 0 Å². The second-order valence-electron chi connectivity index (χ2n) is 6.76. The Morgan fingerprint density at radius 2 is 1.69 bits per heavy atom. The van der Waals surface area contributed by atoms with Gasteiger partial charge in [0.1, 0.15) is 11.8 Å². The topological polar surface area (TPSA) is 39.2 Å². The van der Waals surface area contributed by atoms with Gasteiger partial charge in [-0.1, -0.05) is 70.4 Å². The van der Waals surface area contributed by atoms with Gasteiger partial charge in [-0.2, -0.15) is 0 Å². The summed E-state index contributed by atoms with van der Waals surface area (Å²) in [7, 11) is 0. The van der Waals surface area contributed by atoms with Crippen LogP contribution in [-0.4, -0.2) is 11.0 Å². The molecule has 26 heavy (non-hydrogen) atoms. The highest BCUT2D eigenvalue weighted by atomic mass is 16.5. The maximum absolute atomic E-state index is 12.4. The molecule has 2 rings (SSSR count). The average molecular weight is 354 g/mol. The summed E-state index contributed by atoms with van der Waals surface area (Å²) >= 11 is 0. The molecule has 0 aliphatic heterocycles. The van der Waals surface area contributed by atoms with Crippen LogP contribution in [0.5, 0.6) is 0 Å². The number of ether oxygens (including phenoxy) is 1. The van der Waals surface area contributed by atoms with Gasteiger partial charge in [-0.3, -0.25) is 0 Å². The van der Waals surface area contributed by atoms with Gasteiger partial charge in [0.2, 0.25) is 0 Å². The van der Waals surface area contributed by atoms with Crippen molar-refractivity contribution in [1.82, 2.24) is 4.98 Å². The molecule has 1 aromatic heterocycles. The van der Waals surface area contributed by atoms with E-state index in [0.29, 0.717) is 5.69 Å². The van der Waals surface area contributed by atoms with Gasteiger partial charge in [0, 0.05) is 6.20 Å². The molecule has 1 aromatic carbocycles. The molecule has 0 saturated carbocycles. The van der Waals surface area contributed by atoms with Crippen LogP contribution in [0.4, 0.5) is 0 Å². The lowest BCUT2D eigenvalue weighted by Crippen LogP contribution is -2.12. The van der Waals surface area contributed by atoms with Crippen molar-refractivity contribution < 1.29 is 9.53 Å². The first-order valence-electron chi connectivity index (χ1n) is 9.92. The maximum atomic E-state index is 12.4. The van der Waals surface area contributed by atoms with Crippen LogP contribution in [-0.2, 0) is 17.6 Å². The van der Waals surface area contributed by atoms with Gasteiger partial charge >= 0.3 is 5.97 Å². The summed E-state index contributed by atoms with van der Waals surface area (Å²) in [5.41, 5.74) is 3.88. The van der Waals surface area contributed by atoms with E-state index in [4.69, 9.17) is 4.74 Å². The van der Waals surface area contributed by atoms with Crippen molar-refractivity contribution in [3.63, 3.8) is 0 Å². The predicted molar refractivity (Wildman–Crippen MR) is 106 cm³/mol. The number of rotatable bonds is 10. The SMILES string of the molecule is CCCCCCc1ccc(C(=O)OC(CC)c2ccc(CC)cc2)nc1. The van der Waals surface area contributed by atoms with Crippen LogP contribution in [0.1, 0.15) is 86.2 Å². The van der Waals surface area contributed by atoms with Gasteiger partial charge < -0.3 is 4.74 Å². The van der Waals surface area contributed by atoms with Gasteiger partial charge in [-0.15, -0.1) is 0 Å². The minimum absolute atomic E-state index is 0.232. The second-order valence-corrected chi connectivity index (χ2v) is 6.76. The lowest BCUT2D eigenvalue weighted by atomic mass is 10.0. The number of nitrogens with zero attached hydrogens (tertiary/aromatic N) is 1. The minimum atomic E-state index is -0.353. The first kappa shape index (κ1) is 20.2. The molecule has 2 aromatic rings. The molecule has 140 valence electrons. The number of aromatic nitrogens is 1. The number of carbonyl (C=O) groups is 1. The molecule has 1 atom stereocenters. The first-order valence-corrected chi connectivity index (χ1v) is 9.92. The highest BCUT2D eigenvalue weighted by Crippen LogP contribution is 2.23. The number of pyridine rings is 1. The Morgan fingerprint density at radius 3 is 2.27 bits per heavy atom. The standard InChI is InChI=1S/C23H31NO2/c1-4-7-8-9-10-19-13-16-21(24-17-19)23(25)26-22(6-3)20-14-11-18(5-2)12-15-20/h11-17,22H,4-10H2,1-3H3. The molecule has 0 radical (unpaired) electrons. The van der Waals surface area contributed by atoms with Crippen molar-refractivity contribution in [3.8, 4) is 0 Å². The Balaban J connectivity index is 1.94. The largest absolute Gasteiger partial charge is 0.453 e. The molecular weight excluding hydrogens is 322 g/mol. The molecule has 0 fully saturated rings. The van der Waals surface area contributed by atoms with Crippen LogP contribution in [0.2, 0.25) is 0 Å². The fraction of sp³-hybridized carbons (Fsp3) is 0.478. The summed E-state index contributed by atoms with van der Waals surface area (Å²) < 4.78 is 5.70. The lowest BCUT2D eigenvalue weighted by molar-refractivity contribution is 0.0281. The van der Waals surface area contributed by atoms with E-state index in [-0.39, 0.29) is 12.1 Å². The minimum Gasteiger partial charge on any atom is -0.453 e. The van der Waals surface area contributed by atoms with Crippen molar-refractivity contribution in [2.75, 3.05) is 0 Å². The zero-order valence-corrected chi connectivity index (χ0v) is 16.3. The third kappa shape index (κ3) is 5.98. The van der Waals surface area contributed by atoms with E-state index in [9.17, 15) is 4.79 Å². The summed E-state index contributed by atoms with van der Waals surface area (Å²) in [5.74, 6) is -0.353. The fourth-order valence-corrected chi connectivity index (χ4v) is 2.99. The molecule has 0 saturated heterocycles. The lowest BCUT2D eigenvalue weighted by Gasteiger charge is -2.17.